The molecule has 0 bridgehead atoms. The van der Waals surface area contributed by atoms with Crippen LogP contribution in [0, 0.1) is 0 Å². The third-order valence-electron chi connectivity index (χ3n) is 3.03. The Morgan fingerprint density at radius 2 is 1.82 bits per heavy atom. The number of nitrogens with zero attached hydrogens (tertiary/aromatic N) is 1. The molecule has 2 nitrogen and oxygen atoms in total. The van der Waals surface area contributed by atoms with E-state index in [0.717, 1.165) is 28.4 Å². The van der Waals surface area contributed by atoms with Gasteiger partial charge in [0.2, 0.25) is 0 Å². The highest BCUT2D eigenvalue weighted by molar-refractivity contribution is 5.78. The summed E-state index contributed by atoms with van der Waals surface area (Å²) in [7, 11) is 2.05. The molecular weight excluding hydrogens is 210 g/mol. The first kappa shape index (κ1) is 9.97. The smallest absolute Gasteiger partial charge is 0.151 e. The van der Waals surface area contributed by atoms with Crippen molar-refractivity contribution < 1.29 is 4.74 Å². The maximum absolute atomic E-state index is 5.90. The Hall–Kier alpha value is -2.22. The highest BCUT2D eigenvalue weighted by Gasteiger charge is 2.20. The van der Waals surface area contributed by atoms with Crippen LogP contribution in [-0.2, 0) is 0 Å². The Labute approximate surface area is 101 Å². The van der Waals surface area contributed by atoms with E-state index in [2.05, 4.69) is 23.6 Å². The van der Waals surface area contributed by atoms with Crippen molar-refractivity contribution in [2.45, 2.75) is 0 Å². The number of ether oxygens (including phenoxy) is 1. The van der Waals surface area contributed by atoms with E-state index in [0.29, 0.717) is 0 Å². The van der Waals surface area contributed by atoms with E-state index in [-0.39, 0.29) is 0 Å². The lowest BCUT2D eigenvalue weighted by molar-refractivity contribution is 0.475. The topological polar surface area (TPSA) is 12.5 Å². The summed E-state index contributed by atoms with van der Waals surface area (Å²) < 4.78 is 5.90. The highest BCUT2D eigenvalue weighted by atomic mass is 16.5. The predicted octanol–water partition coefficient (Wildman–Crippen LogP) is 4.20. The minimum Gasteiger partial charge on any atom is -0.453 e. The maximum atomic E-state index is 5.90. The first-order valence-electron chi connectivity index (χ1n) is 5.56. The van der Waals surface area contributed by atoms with Gasteiger partial charge in [0.25, 0.3) is 0 Å². The minimum absolute atomic E-state index is 0.878. The summed E-state index contributed by atoms with van der Waals surface area (Å²) in [5.41, 5.74) is 3.23. The van der Waals surface area contributed by atoms with Gasteiger partial charge in [0, 0.05) is 7.05 Å². The van der Waals surface area contributed by atoms with Gasteiger partial charge in [-0.1, -0.05) is 30.9 Å². The fourth-order valence-corrected chi connectivity index (χ4v) is 2.09. The van der Waals surface area contributed by atoms with Gasteiger partial charge < -0.3 is 9.64 Å². The van der Waals surface area contributed by atoms with Crippen LogP contribution in [0.15, 0.2) is 49.0 Å². The van der Waals surface area contributed by atoms with Crippen LogP contribution in [0.2, 0.25) is 0 Å². The lowest BCUT2D eigenvalue weighted by atomic mass is 10.1. The molecule has 0 aliphatic carbocycles. The lowest BCUT2D eigenvalue weighted by Gasteiger charge is -2.29. The third-order valence-corrected chi connectivity index (χ3v) is 3.03. The third kappa shape index (κ3) is 1.49. The quantitative estimate of drug-likeness (QED) is 0.718. The van der Waals surface area contributed by atoms with E-state index in [4.69, 9.17) is 4.74 Å². The summed E-state index contributed by atoms with van der Waals surface area (Å²) in [4.78, 5) is 2.14. The van der Waals surface area contributed by atoms with E-state index in [1.54, 1.807) is 0 Å². The van der Waals surface area contributed by atoms with Crippen molar-refractivity contribution >= 4 is 17.5 Å². The normalized spacial score (nSPS) is 12.4. The van der Waals surface area contributed by atoms with Crippen LogP contribution < -0.4 is 9.64 Å². The summed E-state index contributed by atoms with van der Waals surface area (Å²) in [6.07, 6.45) is 1.82. The van der Waals surface area contributed by atoms with Gasteiger partial charge in [0.05, 0.1) is 11.4 Å². The van der Waals surface area contributed by atoms with Crippen LogP contribution in [0.1, 0.15) is 5.56 Å². The summed E-state index contributed by atoms with van der Waals surface area (Å²) in [6, 6.07) is 14.1. The molecule has 0 radical (unpaired) electrons. The Kier molecular flexibility index (Phi) is 2.15. The Balaban J connectivity index is 2.15. The molecule has 84 valence electrons. The van der Waals surface area contributed by atoms with E-state index in [9.17, 15) is 0 Å². The van der Waals surface area contributed by atoms with Crippen molar-refractivity contribution in [1.29, 1.82) is 0 Å². The van der Waals surface area contributed by atoms with Crippen LogP contribution in [0.3, 0.4) is 0 Å². The molecule has 0 atom stereocenters. The van der Waals surface area contributed by atoms with Crippen LogP contribution >= 0.6 is 0 Å². The molecule has 17 heavy (non-hydrogen) atoms. The van der Waals surface area contributed by atoms with Gasteiger partial charge in [0.15, 0.2) is 11.5 Å². The van der Waals surface area contributed by atoms with Gasteiger partial charge in [-0.15, -0.1) is 0 Å². The molecule has 2 heteroatoms. The molecule has 0 aromatic heterocycles. The van der Waals surface area contributed by atoms with Gasteiger partial charge in [-0.05, 0) is 29.8 Å². The zero-order chi connectivity index (χ0) is 11.8. The maximum Gasteiger partial charge on any atom is 0.151 e. The Bertz CT molecular complexity index is 589. The van der Waals surface area contributed by atoms with Gasteiger partial charge in [-0.3, -0.25) is 0 Å². The lowest BCUT2D eigenvalue weighted by Crippen LogP contribution is -2.15. The molecule has 0 spiro atoms. The van der Waals surface area contributed by atoms with Crippen molar-refractivity contribution in [3.05, 3.63) is 54.6 Å². The molecule has 2 aromatic carbocycles. The Morgan fingerprint density at radius 1 is 1.06 bits per heavy atom. The van der Waals surface area contributed by atoms with Gasteiger partial charge in [-0.25, -0.2) is 0 Å². The molecule has 0 unspecified atom stereocenters. The standard InChI is InChI=1S/C15H13NO/c1-3-11-8-9-13-15(10-11)17-14-7-5-4-6-12(14)16(13)2/h3-10H,1H2,2H3. The minimum atomic E-state index is 0.878. The van der Waals surface area contributed by atoms with Crippen LogP contribution in [0.4, 0.5) is 11.4 Å². The van der Waals surface area contributed by atoms with Crippen LogP contribution in [0.25, 0.3) is 6.08 Å². The Morgan fingerprint density at radius 3 is 2.65 bits per heavy atom. The molecule has 0 saturated heterocycles. The monoisotopic (exact) mass is 223 g/mol. The fourth-order valence-electron chi connectivity index (χ4n) is 2.09. The zero-order valence-electron chi connectivity index (χ0n) is 9.68. The first-order chi connectivity index (χ1) is 8.29. The van der Waals surface area contributed by atoms with E-state index in [1.165, 1.54) is 0 Å². The SMILES string of the molecule is C=Cc1ccc2c(c1)Oc1ccccc1N2C. The summed E-state index contributed by atoms with van der Waals surface area (Å²) in [5.74, 6) is 1.77. The summed E-state index contributed by atoms with van der Waals surface area (Å²) >= 11 is 0. The highest BCUT2D eigenvalue weighted by Crippen LogP contribution is 2.45. The van der Waals surface area contributed by atoms with Crippen molar-refractivity contribution in [3.8, 4) is 11.5 Å². The fraction of sp³-hybridized carbons (Fsp3) is 0.0667. The number of fused-ring (bicyclic) bond motifs is 2. The van der Waals surface area contributed by atoms with Crippen LogP contribution in [0.5, 0.6) is 11.5 Å². The molecule has 0 N–H and O–H groups in total. The molecule has 1 aliphatic heterocycles. The van der Waals surface area contributed by atoms with Crippen LogP contribution in [-0.4, -0.2) is 7.05 Å². The summed E-state index contributed by atoms with van der Waals surface area (Å²) in [5, 5.41) is 0. The van der Waals surface area contributed by atoms with Gasteiger partial charge in [-0.2, -0.15) is 0 Å². The van der Waals surface area contributed by atoms with Crippen molar-refractivity contribution in [3.63, 3.8) is 0 Å². The van der Waals surface area contributed by atoms with E-state index in [1.807, 2.05) is 43.5 Å². The van der Waals surface area contributed by atoms with Gasteiger partial charge in [0.1, 0.15) is 0 Å². The largest absolute Gasteiger partial charge is 0.453 e. The molecule has 0 saturated carbocycles. The van der Waals surface area contributed by atoms with E-state index >= 15 is 0 Å². The zero-order valence-corrected chi connectivity index (χ0v) is 9.68. The van der Waals surface area contributed by atoms with Crippen molar-refractivity contribution in [2.24, 2.45) is 0 Å². The summed E-state index contributed by atoms with van der Waals surface area (Å²) in [6.45, 7) is 3.77. The predicted molar refractivity (Wildman–Crippen MR) is 71.1 cm³/mol. The molecule has 0 amide bonds. The molecule has 1 aliphatic rings. The second kappa shape index (κ2) is 3.67. The van der Waals surface area contributed by atoms with Crippen molar-refractivity contribution in [1.82, 2.24) is 0 Å². The number of para-hydroxylation sites is 2. The average molecular weight is 223 g/mol. The molecule has 2 aromatic rings. The number of rotatable bonds is 1. The second-order valence-electron chi connectivity index (χ2n) is 4.06. The van der Waals surface area contributed by atoms with Crippen molar-refractivity contribution in [2.75, 3.05) is 11.9 Å². The molecule has 0 fully saturated rings. The number of anilines is 2. The molecule has 1 heterocycles. The molecule has 3 rings (SSSR count). The number of hydrogen-bond acceptors (Lipinski definition) is 2. The number of hydrogen-bond donors (Lipinski definition) is 0. The van der Waals surface area contributed by atoms with Gasteiger partial charge >= 0.3 is 0 Å². The number of benzene rings is 2. The molecular formula is C15H13NO. The average Bonchev–Trinajstić information content (AvgIpc) is 2.38. The first-order valence-corrected chi connectivity index (χ1v) is 5.56. The second-order valence-corrected chi connectivity index (χ2v) is 4.06. The van der Waals surface area contributed by atoms with E-state index < -0.39 is 0 Å².